The van der Waals surface area contributed by atoms with Crippen LogP contribution in [0.4, 0.5) is 0 Å². The first kappa shape index (κ1) is 9.86. The van der Waals surface area contributed by atoms with Crippen molar-refractivity contribution >= 4 is 17.5 Å². The fourth-order valence-corrected chi connectivity index (χ4v) is 1.25. The van der Waals surface area contributed by atoms with Gasteiger partial charge in [-0.2, -0.15) is 0 Å². The maximum atomic E-state index is 11.4. The third-order valence-electron chi connectivity index (χ3n) is 1.80. The van der Waals surface area contributed by atoms with E-state index < -0.39 is 0 Å². The van der Waals surface area contributed by atoms with E-state index in [-0.39, 0.29) is 16.9 Å². The summed E-state index contributed by atoms with van der Waals surface area (Å²) in [5, 5.41) is 2.82. The molecule has 2 aromatic rings. The minimum Gasteiger partial charge on any atom is -0.467 e. The van der Waals surface area contributed by atoms with Crippen LogP contribution < -0.4 is 5.32 Å². The minimum absolute atomic E-state index is 0.187. The maximum Gasteiger partial charge on any atom is 0.287 e. The Morgan fingerprint density at radius 3 is 2.87 bits per heavy atom. The molecule has 0 aliphatic carbocycles. The molecule has 0 bridgehead atoms. The number of amides is 1. The highest BCUT2D eigenvalue weighted by atomic mass is 35.5. The van der Waals surface area contributed by atoms with Crippen molar-refractivity contribution in [2.75, 3.05) is 0 Å². The van der Waals surface area contributed by atoms with Gasteiger partial charge in [-0.1, -0.05) is 0 Å². The molecule has 1 amide bonds. The number of furan rings is 2. The average molecular weight is 226 g/mol. The summed E-state index contributed by atoms with van der Waals surface area (Å²) in [4.78, 5) is 11.4. The van der Waals surface area contributed by atoms with Crippen LogP contribution in [0.1, 0.15) is 16.3 Å². The fraction of sp³-hybridized carbons (Fsp3) is 0.100. The van der Waals surface area contributed by atoms with Crippen LogP contribution in [0.3, 0.4) is 0 Å². The van der Waals surface area contributed by atoms with E-state index >= 15 is 0 Å². The maximum absolute atomic E-state index is 11.4. The molecule has 1 N–H and O–H groups in total. The van der Waals surface area contributed by atoms with Crippen molar-refractivity contribution in [2.45, 2.75) is 6.54 Å². The Morgan fingerprint density at radius 1 is 1.40 bits per heavy atom. The lowest BCUT2D eigenvalue weighted by Gasteiger charge is -1.99. The van der Waals surface area contributed by atoms with Crippen LogP contribution in [0.5, 0.6) is 0 Å². The third-order valence-corrected chi connectivity index (χ3v) is 2.00. The molecule has 0 aromatic carbocycles. The molecule has 2 rings (SSSR count). The van der Waals surface area contributed by atoms with Crippen LogP contribution in [0.15, 0.2) is 39.4 Å². The van der Waals surface area contributed by atoms with E-state index in [2.05, 4.69) is 5.32 Å². The van der Waals surface area contributed by atoms with Gasteiger partial charge < -0.3 is 14.2 Å². The molecule has 0 saturated carbocycles. The van der Waals surface area contributed by atoms with Crippen LogP contribution in [0, 0.1) is 0 Å². The zero-order valence-corrected chi connectivity index (χ0v) is 8.45. The van der Waals surface area contributed by atoms with E-state index in [4.69, 9.17) is 20.4 Å². The molecule has 0 saturated heterocycles. The summed E-state index contributed by atoms with van der Waals surface area (Å²) in [5.74, 6) is 0.547. The van der Waals surface area contributed by atoms with Crippen LogP contribution in [-0.2, 0) is 6.54 Å². The summed E-state index contributed by atoms with van der Waals surface area (Å²) in [6.45, 7) is 0.324. The van der Waals surface area contributed by atoms with Gasteiger partial charge in [-0.3, -0.25) is 4.79 Å². The molecule has 4 nitrogen and oxygen atoms in total. The number of hydrogen-bond donors (Lipinski definition) is 1. The lowest BCUT2D eigenvalue weighted by atomic mass is 10.4. The van der Waals surface area contributed by atoms with E-state index in [1.807, 2.05) is 0 Å². The zero-order chi connectivity index (χ0) is 10.7. The first-order chi connectivity index (χ1) is 7.25. The van der Waals surface area contributed by atoms with Crippen LogP contribution in [-0.4, -0.2) is 5.91 Å². The summed E-state index contributed by atoms with van der Waals surface area (Å²) in [5.41, 5.74) is 0. The Bertz CT molecular complexity index is 447. The van der Waals surface area contributed by atoms with Crippen molar-refractivity contribution in [3.63, 3.8) is 0 Å². The summed E-state index contributed by atoms with van der Waals surface area (Å²) in [7, 11) is 0. The lowest BCUT2D eigenvalue weighted by Crippen LogP contribution is -2.21. The van der Waals surface area contributed by atoms with Crippen LogP contribution in [0.25, 0.3) is 0 Å². The summed E-state index contributed by atoms with van der Waals surface area (Å²) in [6, 6.07) is 6.56. The van der Waals surface area contributed by atoms with Crippen LogP contribution in [0.2, 0.25) is 5.22 Å². The monoisotopic (exact) mass is 225 g/mol. The van der Waals surface area contributed by atoms with Gasteiger partial charge >= 0.3 is 0 Å². The second-order valence-electron chi connectivity index (χ2n) is 2.87. The van der Waals surface area contributed by atoms with Gasteiger partial charge in [-0.05, 0) is 35.9 Å². The van der Waals surface area contributed by atoms with Gasteiger partial charge in [0.25, 0.3) is 5.91 Å². The second kappa shape index (κ2) is 4.23. The first-order valence-corrected chi connectivity index (χ1v) is 4.69. The Kier molecular flexibility index (Phi) is 2.78. The molecule has 5 heteroatoms. The van der Waals surface area contributed by atoms with E-state index in [0.717, 1.165) is 0 Å². The molecule has 0 aliphatic heterocycles. The molecule has 0 aliphatic rings. The van der Waals surface area contributed by atoms with E-state index in [1.54, 1.807) is 18.4 Å². The van der Waals surface area contributed by atoms with Crippen molar-refractivity contribution in [3.05, 3.63) is 47.3 Å². The molecule has 2 heterocycles. The predicted octanol–water partition coefficient (Wildman–Crippen LogP) is 2.46. The molecule has 15 heavy (non-hydrogen) atoms. The number of halogens is 1. The summed E-state index contributed by atoms with van der Waals surface area (Å²) >= 11 is 5.54. The number of hydrogen-bond acceptors (Lipinski definition) is 3. The molecule has 0 unspecified atom stereocenters. The standard InChI is InChI=1S/C10H8ClNO3/c11-9-4-3-8(15-9)10(13)12-6-7-2-1-5-14-7/h1-5H,6H2,(H,12,13). The second-order valence-corrected chi connectivity index (χ2v) is 3.24. The van der Waals surface area contributed by atoms with Crippen molar-refractivity contribution < 1.29 is 13.6 Å². The van der Waals surface area contributed by atoms with Gasteiger partial charge in [0.05, 0.1) is 12.8 Å². The van der Waals surface area contributed by atoms with E-state index in [1.165, 1.54) is 12.1 Å². The minimum atomic E-state index is -0.321. The molecule has 0 spiro atoms. The largest absolute Gasteiger partial charge is 0.467 e. The molecule has 0 fully saturated rings. The highest BCUT2D eigenvalue weighted by Gasteiger charge is 2.10. The summed E-state index contributed by atoms with van der Waals surface area (Å²) in [6.07, 6.45) is 1.55. The third kappa shape index (κ3) is 2.41. The van der Waals surface area contributed by atoms with Crippen molar-refractivity contribution in [1.82, 2.24) is 5.32 Å². The molecular weight excluding hydrogens is 218 g/mol. The van der Waals surface area contributed by atoms with Crippen LogP contribution >= 0.6 is 11.6 Å². The Morgan fingerprint density at radius 2 is 2.27 bits per heavy atom. The smallest absolute Gasteiger partial charge is 0.287 e. The number of carbonyl (C=O) groups is 1. The lowest BCUT2D eigenvalue weighted by molar-refractivity contribution is 0.0920. The SMILES string of the molecule is O=C(NCc1ccco1)c1ccc(Cl)o1. The number of carbonyl (C=O) groups excluding carboxylic acids is 1. The molecule has 2 aromatic heterocycles. The summed E-state index contributed by atoms with van der Waals surface area (Å²) < 4.78 is 9.99. The quantitative estimate of drug-likeness (QED) is 0.873. The van der Waals surface area contributed by atoms with Gasteiger partial charge in [0.2, 0.25) is 0 Å². The van der Waals surface area contributed by atoms with Gasteiger partial charge in [-0.25, -0.2) is 0 Å². The van der Waals surface area contributed by atoms with Gasteiger partial charge in [0, 0.05) is 0 Å². The fourth-order valence-electron chi connectivity index (χ4n) is 1.10. The van der Waals surface area contributed by atoms with Crippen molar-refractivity contribution in [3.8, 4) is 0 Å². The average Bonchev–Trinajstić information content (AvgIpc) is 2.84. The molecule has 0 radical (unpaired) electrons. The first-order valence-electron chi connectivity index (χ1n) is 4.31. The molecular formula is C10H8ClNO3. The normalized spacial score (nSPS) is 10.2. The van der Waals surface area contributed by atoms with E-state index in [0.29, 0.717) is 12.3 Å². The predicted molar refractivity (Wildman–Crippen MR) is 53.6 cm³/mol. The Balaban J connectivity index is 1.93. The Labute approximate surface area is 90.8 Å². The van der Waals surface area contributed by atoms with E-state index in [9.17, 15) is 4.79 Å². The van der Waals surface area contributed by atoms with Crippen molar-refractivity contribution in [1.29, 1.82) is 0 Å². The molecule has 0 atom stereocenters. The zero-order valence-electron chi connectivity index (χ0n) is 7.70. The number of rotatable bonds is 3. The highest BCUT2D eigenvalue weighted by molar-refractivity contribution is 6.29. The Hall–Kier alpha value is -1.68. The topological polar surface area (TPSA) is 55.4 Å². The van der Waals surface area contributed by atoms with Crippen molar-refractivity contribution in [2.24, 2.45) is 0 Å². The van der Waals surface area contributed by atoms with Gasteiger partial charge in [0.15, 0.2) is 11.0 Å². The number of nitrogens with one attached hydrogen (secondary N) is 1. The van der Waals surface area contributed by atoms with Gasteiger partial charge in [-0.15, -0.1) is 0 Å². The highest BCUT2D eigenvalue weighted by Crippen LogP contribution is 2.12. The molecule has 78 valence electrons. The van der Waals surface area contributed by atoms with Gasteiger partial charge in [0.1, 0.15) is 5.76 Å².